The highest BCUT2D eigenvalue weighted by molar-refractivity contribution is 7.80. The lowest BCUT2D eigenvalue weighted by Gasteiger charge is -2.14. The molecule has 0 saturated heterocycles. The van der Waals surface area contributed by atoms with E-state index in [4.69, 9.17) is 11.6 Å². The van der Waals surface area contributed by atoms with Crippen LogP contribution in [0.3, 0.4) is 0 Å². The molecule has 1 heterocycles. The van der Waals surface area contributed by atoms with Gasteiger partial charge in [-0.25, -0.2) is 4.98 Å². The first-order valence-corrected chi connectivity index (χ1v) is 4.75. The van der Waals surface area contributed by atoms with Gasteiger partial charge in [0.2, 0.25) is 0 Å². The Bertz CT molecular complexity index is 285. The molecule has 1 aromatic heterocycles. The van der Waals surface area contributed by atoms with Crippen molar-refractivity contribution < 1.29 is 10.2 Å². The van der Waals surface area contributed by atoms with Gasteiger partial charge < -0.3 is 10.2 Å². The minimum atomic E-state index is -1.03. The highest BCUT2D eigenvalue weighted by Gasteiger charge is 2.17. The van der Waals surface area contributed by atoms with Crippen LogP contribution in [0, 0.1) is 0 Å². The van der Waals surface area contributed by atoms with Crippen molar-refractivity contribution in [3.8, 4) is 0 Å². The number of nitrogens with zero attached hydrogens (tertiary/aromatic N) is 1. The van der Waals surface area contributed by atoms with E-state index in [1.54, 1.807) is 18.2 Å². The van der Waals surface area contributed by atoms with Crippen LogP contribution >= 0.6 is 24.2 Å². The predicted octanol–water partition coefficient (Wildman–Crippen LogP) is 1.06. The van der Waals surface area contributed by atoms with Crippen LogP contribution in [-0.2, 0) is 0 Å². The highest BCUT2D eigenvalue weighted by Crippen LogP contribution is 2.17. The maximum atomic E-state index is 9.49. The normalized spacial score (nSPS) is 15.4. The Kier molecular flexibility index (Phi) is 3.99. The molecule has 13 heavy (non-hydrogen) atoms. The van der Waals surface area contributed by atoms with Crippen molar-refractivity contribution in [1.29, 1.82) is 0 Å². The molecular weight excluding hydrogens is 210 g/mol. The van der Waals surface area contributed by atoms with Crippen LogP contribution in [0.5, 0.6) is 0 Å². The number of pyridine rings is 1. The second kappa shape index (κ2) is 4.81. The summed E-state index contributed by atoms with van der Waals surface area (Å²) >= 11 is 9.47. The van der Waals surface area contributed by atoms with Gasteiger partial charge in [0.1, 0.15) is 11.3 Å². The first-order chi connectivity index (χ1) is 6.15. The highest BCUT2D eigenvalue weighted by atomic mass is 35.5. The summed E-state index contributed by atoms with van der Waals surface area (Å²) in [5.74, 6) is 0.176. The van der Waals surface area contributed by atoms with Crippen molar-refractivity contribution in [1.82, 2.24) is 4.98 Å². The Morgan fingerprint density at radius 2 is 2.15 bits per heavy atom. The molecule has 2 N–H and O–H groups in total. The topological polar surface area (TPSA) is 53.4 Å². The molecule has 1 rings (SSSR count). The number of thiol groups is 1. The number of hydrogen-bond acceptors (Lipinski definition) is 4. The van der Waals surface area contributed by atoms with Crippen molar-refractivity contribution >= 4 is 24.2 Å². The second-order valence-corrected chi connectivity index (χ2v) is 3.33. The van der Waals surface area contributed by atoms with Gasteiger partial charge >= 0.3 is 0 Å². The molecule has 0 aromatic carbocycles. The van der Waals surface area contributed by atoms with Gasteiger partial charge in [-0.15, -0.1) is 0 Å². The van der Waals surface area contributed by atoms with Crippen molar-refractivity contribution in [3.63, 3.8) is 0 Å². The largest absolute Gasteiger partial charge is 0.389 e. The van der Waals surface area contributed by atoms with Crippen LogP contribution in [0.1, 0.15) is 11.8 Å². The maximum Gasteiger partial charge on any atom is 0.129 e. The molecule has 0 aliphatic rings. The van der Waals surface area contributed by atoms with E-state index in [0.717, 1.165) is 0 Å². The molecule has 0 radical (unpaired) electrons. The summed E-state index contributed by atoms with van der Waals surface area (Å²) < 4.78 is 0. The summed E-state index contributed by atoms with van der Waals surface area (Å²) in [6.45, 7) is 0. The van der Waals surface area contributed by atoms with E-state index in [-0.39, 0.29) is 5.75 Å². The number of aliphatic hydroxyl groups is 2. The van der Waals surface area contributed by atoms with Gasteiger partial charge in [0.25, 0.3) is 0 Å². The van der Waals surface area contributed by atoms with Gasteiger partial charge in [-0.2, -0.15) is 12.6 Å². The monoisotopic (exact) mass is 219 g/mol. The Labute approximate surface area is 86.8 Å². The van der Waals surface area contributed by atoms with Crippen LogP contribution in [-0.4, -0.2) is 27.1 Å². The van der Waals surface area contributed by atoms with Crippen LogP contribution in [0.15, 0.2) is 18.2 Å². The van der Waals surface area contributed by atoms with Gasteiger partial charge in [0.15, 0.2) is 0 Å². The standard InChI is InChI=1S/C8H10ClNO2S/c9-7-3-1-2-5(10-7)8(12)6(11)4-13/h1-3,6,8,11-13H,4H2. The zero-order chi connectivity index (χ0) is 9.84. The zero-order valence-corrected chi connectivity index (χ0v) is 8.41. The molecular formula is C8H10ClNO2S. The van der Waals surface area contributed by atoms with E-state index in [2.05, 4.69) is 17.6 Å². The van der Waals surface area contributed by atoms with Crippen molar-refractivity contribution in [2.45, 2.75) is 12.2 Å². The van der Waals surface area contributed by atoms with Crippen molar-refractivity contribution in [2.75, 3.05) is 5.75 Å². The van der Waals surface area contributed by atoms with Crippen molar-refractivity contribution in [2.24, 2.45) is 0 Å². The lowest BCUT2D eigenvalue weighted by atomic mass is 10.1. The van der Waals surface area contributed by atoms with Gasteiger partial charge in [-0.3, -0.25) is 0 Å². The fraction of sp³-hybridized carbons (Fsp3) is 0.375. The van der Waals surface area contributed by atoms with E-state index in [0.29, 0.717) is 10.8 Å². The molecule has 72 valence electrons. The molecule has 0 amide bonds. The molecule has 2 atom stereocenters. The fourth-order valence-electron chi connectivity index (χ4n) is 0.886. The molecule has 5 heteroatoms. The minimum absolute atomic E-state index is 0.176. The van der Waals surface area contributed by atoms with Crippen molar-refractivity contribution in [3.05, 3.63) is 29.0 Å². The van der Waals surface area contributed by atoms with E-state index >= 15 is 0 Å². The van der Waals surface area contributed by atoms with E-state index in [1.165, 1.54) is 0 Å². The Morgan fingerprint density at radius 3 is 2.69 bits per heavy atom. The third-order valence-electron chi connectivity index (χ3n) is 1.59. The first kappa shape index (κ1) is 10.8. The van der Waals surface area contributed by atoms with E-state index in [1.807, 2.05) is 0 Å². The molecule has 0 bridgehead atoms. The second-order valence-electron chi connectivity index (χ2n) is 2.58. The molecule has 0 aliphatic carbocycles. The summed E-state index contributed by atoms with van der Waals surface area (Å²) in [5, 5.41) is 19.0. The zero-order valence-electron chi connectivity index (χ0n) is 6.76. The number of halogens is 1. The summed E-state index contributed by atoms with van der Waals surface area (Å²) in [6, 6.07) is 4.87. The first-order valence-electron chi connectivity index (χ1n) is 3.74. The molecule has 3 nitrogen and oxygen atoms in total. The van der Waals surface area contributed by atoms with Gasteiger partial charge in [-0.05, 0) is 12.1 Å². The Hall–Kier alpha value is -0.290. The molecule has 0 spiro atoms. The lowest BCUT2D eigenvalue weighted by molar-refractivity contribution is 0.0310. The summed E-state index contributed by atoms with van der Waals surface area (Å²) in [5.41, 5.74) is 0.356. The quantitative estimate of drug-likeness (QED) is 0.527. The Morgan fingerprint density at radius 1 is 1.46 bits per heavy atom. The molecule has 0 aliphatic heterocycles. The fourth-order valence-corrected chi connectivity index (χ4v) is 1.26. The summed E-state index contributed by atoms with van der Waals surface area (Å²) in [7, 11) is 0. The van der Waals surface area contributed by atoms with Gasteiger partial charge in [-0.1, -0.05) is 17.7 Å². The van der Waals surface area contributed by atoms with Crippen LogP contribution in [0.25, 0.3) is 0 Å². The van der Waals surface area contributed by atoms with Crippen LogP contribution in [0.4, 0.5) is 0 Å². The molecule has 2 unspecified atom stereocenters. The average molecular weight is 220 g/mol. The molecule has 1 aromatic rings. The predicted molar refractivity (Wildman–Crippen MR) is 54.1 cm³/mol. The molecule has 0 saturated carbocycles. The van der Waals surface area contributed by atoms with Gasteiger partial charge in [0, 0.05) is 5.75 Å². The number of rotatable bonds is 3. The van der Waals surface area contributed by atoms with E-state index < -0.39 is 12.2 Å². The number of aromatic nitrogens is 1. The number of hydrogen-bond donors (Lipinski definition) is 3. The van der Waals surface area contributed by atoms with Crippen LogP contribution in [0.2, 0.25) is 5.15 Å². The van der Waals surface area contributed by atoms with Gasteiger partial charge in [0.05, 0.1) is 11.8 Å². The Balaban J connectivity index is 2.82. The summed E-state index contributed by atoms with van der Waals surface area (Å²) in [6.07, 6.45) is -1.95. The third-order valence-corrected chi connectivity index (χ3v) is 2.18. The minimum Gasteiger partial charge on any atom is -0.389 e. The molecule has 0 fully saturated rings. The van der Waals surface area contributed by atoms with E-state index in [9.17, 15) is 10.2 Å². The average Bonchev–Trinajstić information content (AvgIpc) is 2.15. The summed E-state index contributed by atoms with van der Waals surface area (Å²) in [4.78, 5) is 3.86. The lowest BCUT2D eigenvalue weighted by Crippen LogP contribution is -2.20. The smallest absolute Gasteiger partial charge is 0.129 e. The third kappa shape index (κ3) is 2.84. The maximum absolute atomic E-state index is 9.49. The van der Waals surface area contributed by atoms with Crippen LogP contribution < -0.4 is 0 Å². The SMILES string of the molecule is OC(CS)C(O)c1cccc(Cl)n1. The number of aliphatic hydroxyl groups excluding tert-OH is 2.